The molecule has 2 amide bonds. The number of benzene rings is 1. The molecule has 138 valence electrons. The van der Waals surface area contributed by atoms with Crippen LogP contribution in [0.15, 0.2) is 23.2 Å². The summed E-state index contributed by atoms with van der Waals surface area (Å²) in [6.45, 7) is 4.62. The summed E-state index contributed by atoms with van der Waals surface area (Å²) in [6.07, 6.45) is 1.35. The average molecular weight is 410 g/mol. The summed E-state index contributed by atoms with van der Waals surface area (Å²) in [6, 6.07) is 5.22. The van der Waals surface area contributed by atoms with E-state index in [1.807, 2.05) is 30.0 Å². The first kappa shape index (κ1) is 18.2. The SMILES string of the molecule is Cc1c(Cl)cccc1N=C1SCCN1C(=O)[C@H]1CS[C@]2(C)CCC(=O)N12. The number of carbonyl (C=O) groups is 2. The predicted octanol–water partition coefficient (Wildman–Crippen LogP) is 3.67. The molecule has 26 heavy (non-hydrogen) atoms. The van der Waals surface area contributed by atoms with E-state index in [0.29, 0.717) is 28.9 Å². The molecule has 1 aromatic carbocycles. The van der Waals surface area contributed by atoms with E-state index in [4.69, 9.17) is 16.6 Å². The maximum absolute atomic E-state index is 13.2. The van der Waals surface area contributed by atoms with Crippen molar-refractivity contribution in [3.05, 3.63) is 28.8 Å². The van der Waals surface area contributed by atoms with Crippen LogP contribution in [0.4, 0.5) is 5.69 Å². The number of rotatable bonds is 2. The quantitative estimate of drug-likeness (QED) is 0.747. The molecule has 0 aromatic heterocycles. The Morgan fingerprint density at radius 2 is 2.23 bits per heavy atom. The van der Waals surface area contributed by atoms with Gasteiger partial charge in [-0.05, 0) is 38.0 Å². The Labute approximate surface area is 166 Å². The van der Waals surface area contributed by atoms with Gasteiger partial charge in [-0.25, -0.2) is 4.99 Å². The van der Waals surface area contributed by atoms with Crippen LogP contribution in [0.1, 0.15) is 25.3 Å². The molecule has 2 atom stereocenters. The lowest BCUT2D eigenvalue weighted by molar-refractivity contribution is -0.141. The Kier molecular flexibility index (Phi) is 4.73. The second-order valence-electron chi connectivity index (χ2n) is 6.88. The highest BCUT2D eigenvalue weighted by Crippen LogP contribution is 2.47. The van der Waals surface area contributed by atoms with Crippen molar-refractivity contribution >= 4 is 57.8 Å². The van der Waals surface area contributed by atoms with Crippen LogP contribution >= 0.6 is 35.1 Å². The zero-order valence-corrected chi connectivity index (χ0v) is 17.1. The first-order valence-electron chi connectivity index (χ1n) is 8.65. The lowest BCUT2D eigenvalue weighted by Crippen LogP contribution is -2.51. The van der Waals surface area contributed by atoms with Gasteiger partial charge in [-0.15, -0.1) is 11.8 Å². The number of amides is 2. The molecule has 0 bridgehead atoms. The van der Waals surface area contributed by atoms with Crippen LogP contribution in [0.25, 0.3) is 0 Å². The minimum Gasteiger partial charge on any atom is -0.315 e. The molecule has 3 aliphatic rings. The lowest BCUT2D eigenvalue weighted by atomic mass is 10.2. The van der Waals surface area contributed by atoms with Gasteiger partial charge in [0.2, 0.25) is 5.91 Å². The third-order valence-electron chi connectivity index (χ3n) is 5.23. The molecular weight excluding hydrogens is 390 g/mol. The second-order valence-corrected chi connectivity index (χ2v) is 9.85. The third kappa shape index (κ3) is 2.94. The van der Waals surface area contributed by atoms with Crippen LogP contribution in [0.2, 0.25) is 5.02 Å². The number of fused-ring (bicyclic) bond motifs is 1. The summed E-state index contributed by atoms with van der Waals surface area (Å²) < 4.78 is 0. The minimum absolute atomic E-state index is 0.0140. The fraction of sp³-hybridized carbons (Fsp3) is 0.500. The Morgan fingerprint density at radius 3 is 3.04 bits per heavy atom. The van der Waals surface area contributed by atoms with E-state index < -0.39 is 0 Å². The van der Waals surface area contributed by atoms with E-state index in [9.17, 15) is 9.59 Å². The highest BCUT2D eigenvalue weighted by atomic mass is 35.5. The highest BCUT2D eigenvalue weighted by molar-refractivity contribution is 8.14. The van der Waals surface area contributed by atoms with Crippen LogP contribution in [0, 0.1) is 6.92 Å². The van der Waals surface area contributed by atoms with Crippen molar-refractivity contribution in [1.82, 2.24) is 9.80 Å². The topological polar surface area (TPSA) is 53.0 Å². The number of hydrogen-bond donors (Lipinski definition) is 0. The van der Waals surface area contributed by atoms with E-state index in [0.717, 1.165) is 23.4 Å². The Hall–Kier alpha value is -1.18. The lowest BCUT2D eigenvalue weighted by Gasteiger charge is -2.31. The summed E-state index contributed by atoms with van der Waals surface area (Å²) in [7, 11) is 0. The molecule has 3 heterocycles. The van der Waals surface area contributed by atoms with Gasteiger partial charge in [-0.1, -0.05) is 29.4 Å². The molecule has 4 rings (SSSR count). The number of thioether (sulfide) groups is 2. The van der Waals surface area contributed by atoms with Gasteiger partial charge in [0.1, 0.15) is 6.04 Å². The molecule has 0 spiro atoms. The number of hydrogen-bond acceptors (Lipinski definition) is 5. The normalized spacial score (nSPS) is 29.7. The van der Waals surface area contributed by atoms with Gasteiger partial charge < -0.3 is 4.90 Å². The largest absolute Gasteiger partial charge is 0.315 e. The van der Waals surface area contributed by atoms with E-state index in [-0.39, 0.29) is 22.7 Å². The van der Waals surface area contributed by atoms with Crippen LogP contribution < -0.4 is 0 Å². The smallest absolute Gasteiger partial charge is 0.252 e. The molecule has 3 saturated heterocycles. The van der Waals surface area contributed by atoms with Crippen molar-refractivity contribution in [1.29, 1.82) is 0 Å². The highest BCUT2D eigenvalue weighted by Gasteiger charge is 2.54. The summed E-state index contributed by atoms with van der Waals surface area (Å²) in [5.74, 6) is 1.55. The van der Waals surface area contributed by atoms with Crippen LogP contribution in [0.3, 0.4) is 0 Å². The molecule has 3 fully saturated rings. The number of halogens is 1. The zero-order valence-electron chi connectivity index (χ0n) is 14.7. The van der Waals surface area contributed by atoms with Gasteiger partial charge >= 0.3 is 0 Å². The van der Waals surface area contributed by atoms with Crippen molar-refractivity contribution in [3.8, 4) is 0 Å². The van der Waals surface area contributed by atoms with E-state index in [1.54, 1.807) is 28.4 Å². The molecule has 0 unspecified atom stereocenters. The molecule has 0 aliphatic carbocycles. The summed E-state index contributed by atoms with van der Waals surface area (Å²) in [5, 5.41) is 1.36. The average Bonchev–Trinajstić information content (AvgIpc) is 3.28. The van der Waals surface area contributed by atoms with Crippen LogP contribution in [-0.2, 0) is 9.59 Å². The van der Waals surface area contributed by atoms with Crippen LogP contribution in [0.5, 0.6) is 0 Å². The van der Waals surface area contributed by atoms with Gasteiger partial charge in [0.15, 0.2) is 5.17 Å². The third-order valence-corrected chi connectivity index (χ3v) is 8.10. The summed E-state index contributed by atoms with van der Waals surface area (Å²) in [5.41, 5.74) is 1.68. The van der Waals surface area contributed by atoms with Crippen molar-refractivity contribution in [2.24, 2.45) is 4.99 Å². The van der Waals surface area contributed by atoms with Gasteiger partial charge in [0.05, 0.1) is 10.6 Å². The molecule has 8 heteroatoms. The predicted molar refractivity (Wildman–Crippen MR) is 108 cm³/mol. The number of aliphatic imine (C=N–C) groups is 1. The van der Waals surface area contributed by atoms with Gasteiger partial charge in [-0.3, -0.25) is 14.5 Å². The Morgan fingerprint density at radius 1 is 1.42 bits per heavy atom. The van der Waals surface area contributed by atoms with E-state index in [2.05, 4.69) is 6.92 Å². The summed E-state index contributed by atoms with van der Waals surface area (Å²) in [4.78, 5) is 33.6. The fourth-order valence-electron chi connectivity index (χ4n) is 3.70. The molecule has 5 nitrogen and oxygen atoms in total. The number of nitrogens with zero attached hydrogens (tertiary/aromatic N) is 3. The van der Waals surface area contributed by atoms with Crippen molar-refractivity contribution in [3.63, 3.8) is 0 Å². The van der Waals surface area contributed by atoms with Gasteiger partial charge in [0, 0.05) is 29.5 Å². The molecule has 0 saturated carbocycles. The standard InChI is InChI=1S/C18H20ClN3O2S2/c1-11-12(19)4-3-5-13(11)20-17-21(8-9-25-17)16(24)14-10-26-18(2)7-6-15(23)22(14)18/h3-5,14H,6-10H2,1-2H3/t14-,18-/m1/s1. The first-order chi connectivity index (χ1) is 12.4. The Bertz CT molecular complexity index is 816. The van der Waals surface area contributed by atoms with Crippen molar-refractivity contribution < 1.29 is 9.59 Å². The monoisotopic (exact) mass is 409 g/mol. The zero-order chi connectivity index (χ0) is 18.5. The molecule has 1 aromatic rings. The van der Waals surface area contributed by atoms with Crippen molar-refractivity contribution in [2.75, 3.05) is 18.1 Å². The number of carbonyl (C=O) groups excluding carboxylic acids is 2. The molecule has 3 aliphatic heterocycles. The molecule has 0 radical (unpaired) electrons. The number of amidine groups is 1. The first-order valence-corrected chi connectivity index (χ1v) is 11.0. The van der Waals surface area contributed by atoms with E-state index >= 15 is 0 Å². The van der Waals surface area contributed by atoms with E-state index in [1.165, 1.54) is 0 Å². The fourth-order valence-corrected chi connectivity index (χ4v) is 6.25. The van der Waals surface area contributed by atoms with Crippen molar-refractivity contribution in [2.45, 2.75) is 37.6 Å². The maximum Gasteiger partial charge on any atom is 0.252 e. The molecule has 0 N–H and O–H groups in total. The Balaban J connectivity index is 1.61. The minimum atomic E-state index is -0.385. The maximum atomic E-state index is 13.2. The van der Waals surface area contributed by atoms with Gasteiger partial charge in [0.25, 0.3) is 5.91 Å². The second kappa shape index (κ2) is 6.77. The van der Waals surface area contributed by atoms with Crippen LogP contribution in [-0.4, -0.2) is 55.7 Å². The van der Waals surface area contributed by atoms with Gasteiger partial charge in [-0.2, -0.15) is 0 Å². The molecular formula is C18H20ClN3O2S2. The summed E-state index contributed by atoms with van der Waals surface area (Å²) >= 11 is 9.48.